The Hall–Kier alpha value is -1.65. The Kier molecular flexibility index (Phi) is 3.36. The number of carbonyl (C=O) groups is 1. The lowest BCUT2D eigenvalue weighted by atomic mass is 10.0. The molecule has 2 heterocycles. The lowest BCUT2D eigenvalue weighted by molar-refractivity contribution is 0.102. The Bertz CT molecular complexity index is 826. The molecule has 0 aliphatic rings. The van der Waals surface area contributed by atoms with Crippen LogP contribution in [0.25, 0.3) is 16.8 Å². The molecule has 0 unspecified atom stereocenters. The van der Waals surface area contributed by atoms with Crippen molar-refractivity contribution in [2.75, 3.05) is 0 Å². The van der Waals surface area contributed by atoms with Crippen molar-refractivity contribution in [3.8, 4) is 11.3 Å². The summed E-state index contributed by atoms with van der Waals surface area (Å²) in [4.78, 5) is 12.0. The zero-order valence-corrected chi connectivity index (χ0v) is 12.9. The summed E-state index contributed by atoms with van der Waals surface area (Å²) >= 11 is 9.58. The van der Waals surface area contributed by atoms with Gasteiger partial charge in [-0.3, -0.25) is 4.79 Å². The van der Waals surface area contributed by atoms with Crippen LogP contribution in [0.4, 0.5) is 0 Å². The van der Waals surface area contributed by atoms with Crippen molar-refractivity contribution in [1.82, 2.24) is 9.61 Å². The molecule has 0 aliphatic heterocycles. The van der Waals surface area contributed by atoms with E-state index in [2.05, 4.69) is 21.0 Å². The molecule has 0 amide bonds. The molecular formula is C15H10BrClN2O. The summed E-state index contributed by atoms with van der Waals surface area (Å²) in [7, 11) is 0. The van der Waals surface area contributed by atoms with E-state index < -0.39 is 0 Å². The third-order valence-electron chi connectivity index (χ3n) is 3.06. The monoisotopic (exact) mass is 348 g/mol. The van der Waals surface area contributed by atoms with Gasteiger partial charge in [0.1, 0.15) is 10.8 Å². The molecule has 0 atom stereocenters. The van der Waals surface area contributed by atoms with Crippen LogP contribution < -0.4 is 0 Å². The van der Waals surface area contributed by atoms with Crippen molar-refractivity contribution in [3.05, 3.63) is 57.7 Å². The van der Waals surface area contributed by atoms with E-state index in [1.807, 2.05) is 36.4 Å². The number of hydrogen-bond donors (Lipinski definition) is 0. The fourth-order valence-electron chi connectivity index (χ4n) is 2.22. The van der Waals surface area contributed by atoms with Crippen LogP contribution in [0.3, 0.4) is 0 Å². The average Bonchev–Trinajstić information content (AvgIpc) is 2.79. The van der Waals surface area contributed by atoms with E-state index in [1.165, 1.54) is 0 Å². The maximum atomic E-state index is 12.0. The van der Waals surface area contributed by atoms with Gasteiger partial charge in [0, 0.05) is 10.0 Å². The third-order valence-corrected chi connectivity index (χ3v) is 3.84. The van der Waals surface area contributed by atoms with Gasteiger partial charge in [0.05, 0.1) is 11.1 Å². The van der Waals surface area contributed by atoms with E-state index in [4.69, 9.17) is 11.6 Å². The summed E-state index contributed by atoms with van der Waals surface area (Å²) in [5, 5.41) is 4.97. The highest BCUT2D eigenvalue weighted by Crippen LogP contribution is 2.29. The first-order valence-corrected chi connectivity index (χ1v) is 7.19. The normalized spacial score (nSPS) is 10.9. The molecular weight excluding hydrogens is 340 g/mol. The van der Waals surface area contributed by atoms with Crippen LogP contribution in [-0.4, -0.2) is 15.4 Å². The Balaban J connectivity index is 2.38. The number of benzene rings is 1. The topological polar surface area (TPSA) is 34.4 Å². The lowest BCUT2D eigenvalue weighted by Gasteiger charge is -2.00. The quantitative estimate of drug-likeness (QED) is 0.500. The summed E-state index contributed by atoms with van der Waals surface area (Å²) in [6.07, 6.45) is 0. The molecule has 0 fully saturated rings. The number of pyridine rings is 1. The van der Waals surface area contributed by atoms with E-state index in [1.54, 1.807) is 17.5 Å². The number of Topliss-reactive ketones (excluding diaryl/α,β-unsaturated/α-hetero) is 1. The standard InChI is InChI=1S/C15H10BrClN2O/c1-9(20)14-12-6-3-7-13(17)19(12)18-15(14)10-4-2-5-11(16)8-10/h2-8H,1H3. The lowest BCUT2D eigenvalue weighted by Crippen LogP contribution is -1.94. The fourth-order valence-corrected chi connectivity index (χ4v) is 2.82. The molecule has 0 bridgehead atoms. The van der Waals surface area contributed by atoms with Gasteiger partial charge in [0.15, 0.2) is 5.78 Å². The SMILES string of the molecule is CC(=O)c1c(-c2cccc(Br)c2)nn2c(Cl)cccc12. The van der Waals surface area contributed by atoms with Crippen molar-refractivity contribution < 1.29 is 4.79 Å². The Morgan fingerprint density at radius 2 is 2.00 bits per heavy atom. The second-order valence-electron chi connectivity index (χ2n) is 4.44. The number of hydrogen-bond acceptors (Lipinski definition) is 2. The van der Waals surface area contributed by atoms with Crippen LogP contribution in [0.1, 0.15) is 17.3 Å². The van der Waals surface area contributed by atoms with E-state index >= 15 is 0 Å². The number of nitrogens with zero attached hydrogens (tertiary/aromatic N) is 2. The van der Waals surface area contributed by atoms with Gasteiger partial charge in [0.2, 0.25) is 0 Å². The van der Waals surface area contributed by atoms with Gasteiger partial charge < -0.3 is 0 Å². The largest absolute Gasteiger partial charge is 0.294 e. The third kappa shape index (κ3) is 2.15. The van der Waals surface area contributed by atoms with Gasteiger partial charge in [-0.05, 0) is 31.2 Å². The van der Waals surface area contributed by atoms with Crippen molar-refractivity contribution in [2.24, 2.45) is 0 Å². The van der Waals surface area contributed by atoms with Gasteiger partial charge in [-0.25, -0.2) is 4.52 Å². The van der Waals surface area contributed by atoms with Crippen LogP contribution in [0.15, 0.2) is 46.9 Å². The molecule has 0 spiro atoms. The maximum Gasteiger partial charge on any atom is 0.164 e. The first-order valence-electron chi connectivity index (χ1n) is 6.02. The Morgan fingerprint density at radius 3 is 2.70 bits per heavy atom. The van der Waals surface area contributed by atoms with Crippen LogP contribution >= 0.6 is 27.5 Å². The van der Waals surface area contributed by atoms with Crippen LogP contribution in [0.5, 0.6) is 0 Å². The molecule has 3 nitrogen and oxygen atoms in total. The summed E-state index contributed by atoms with van der Waals surface area (Å²) in [5.74, 6) is -0.0303. The fraction of sp³-hybridized carbons (Fsp3) is 0.0667. The van der Waals surface area contributed by atoms with E-state index in [0.29, 0.717) is 16.4 Å². The van der Waals surface area contributed by atoms with E-state index in [-0.39, 0.29) is 5.78 Å². The van der Waals surface area contributed by atoms with Crippen molar-refractivity contribution in [1.29, 1.82) is 0 Å². The van der Waals surface area contributed by atoms with Gasteiger partial charge in [-0.15, -0.1) is 0 Å². The zero-order valence-electron chi connectivity index (χ0n) is 10.6. The predicted molar refractivity (Wildman–Crippen MR) is 83.3 cm³/mol. The smallest absolute Gasteiger partial charge is 0.164 e. The van der Waals surface area contributed by atoms with Crippen molar-refractivity contribution in [3.63, 3.8) is 0 Å². The van der Waals surface area contributed by atoms with E-state index in [9.17, 15) is 4.79 Å². The summed E-state index contributed by atoms with van der Waals surface area (Å²) in [6.45, 7) is 1.54. The molecule has 0 radical (unpaired) electrons. The molecule has 0 N–H and O–H groups in total. The molecule has 3 rings (SSSR count). The first-order chi connectivity index (χ1) is 9.58. The molecule has 5 heteroatoms. The Morgan fingerprint density at radius 1 is 1.25 bits per heavy atom. The second-order valence-corrected chi connectivity index (χ2v) is 5.74. The number of rotatable bonds is 2. The minimum Gasteiger partial charge on any atom is -0.294 e. The van der Waals surface area contributed by atoms with Crippen molar-refractivity contribution >= 4 is 38.8 Å². The molecule has 20 heavy (non-hydrogen) atoms. The molecule has 0 aliphatic carbocycles. The summed E-state index contributed by atoms with van der Waals surface area (Å²) in [5.41, 5.74) is 2.84. The number of ketones is 1. The number of fused-ring (bicyclic) bond motifs is 1. The van der Waals surface area contributed by atoms with E-state index in [0.717, 1.165) is 15.6 Å². The van der Waals surface area contributed by atoms with Crippen molar-refractivity contribution in [2.45, 2.75) is 6.92 Å². The highest BCUT2D eigenvalue weighted by molar-refractivity contribution is 9.10. The highest BCUT2D eigenvalue weighted by Gasteiger charge is 2.19. The molecule has 100 valence electrons. The van der Waals surface area contributed by atoms with Crippen LogP contribution in [0.2, 0.25) is 5.15 Å². The molecule has 0 saturated heterocycles. The summed E-state index contributed by atoms with van der Waals surface area (Å²) in [6, 6.07) is 13.1. The Labute approximate surface area is 129 Å². The summed E-state index contributed by atoms with van der Waals surface area (Å²) < 4.78 is 2.53. The first kappa shape index (κ1) is 13.3. The predicted octanol–water partition coefficient (Wildman–Crippen LogP) is 4.62. The molecule has 0 saturated carbocycles. The molecule has 2 aromatic heterocycles. The number of aromatic nitrogens is 2. The minimum absolute atomic E-state index is 0.0303. The highest BCUT2D eigenvalue weighted by atomic mass is 79.9. The van der Waals surface area contributed by atoms with Crippen LogP contribution in [-0.2, 0) is 0 Å². The minimum atomic E-state index is -0.0303. The number of carbonyl (C=O) groups excluding carboxylic acids is 1. The zero-order chi connectivity index (χ0) is 14.3. The van der Waals surface area contributed by atoms with Crippen LogP contribution in [0, 0.1) is 0 Å². The van der Waals surface area contributed by atoms with Gasteiger partial charge >= 0.3 is 0 Å². The van der Waals surface area contributed by atoms with Gasteiger partial charge in [-0.1, -0.05) is 45.7 Å². The molecule has 3 aromatic rings. The van der Waals surface area contributed by atoms with Gasteiger partial charge in [0.25, 0.3) is 0 Å². The maximum absolute atomic E-state index is 12.0. The molecule has 1 aromatic carbocycles. The second kappa shape index (κ2) is 5.04. The average molecular weight is 350 g/mol. The van der Waals surface area contributed by atoms with Gasteiger partial charge in [-0.2, -0.15) is 5.10 Å². The number of halogens is 2.